The van der Waals surface area contributed by atoms with Crippen LogP contribution in [0.2, 0.25) is 0 Å². The molecule has 110 valence electrons. The maximum atomic E-state index is 3.48. The zero-order valence-electron chi connectivity index (χ0n) is 12.7. The Morgan fingerprint density at radius 1 is 1.10 bits per heavy atom. The van der Waals surface area contributed by atoms with E-state index in [2.05, 4.69) is 47.5 Å². The van der Waals surface area contributed by atoms with Gasteiger partial charge in [0, 0.05) is 19.1 Å². The van der Waals surface area contributed by atoms with Crippen molar-refractivity contribution in [3.8, 4) is 0 Å². The summed E-state index contributed by atoms with van der Waals surface area (Å²) in [6.07, 6.45) is 5.57. The number of hydrogen-bond donors (Lipinski definition) is 1. The molecule has 1 unspecified atom stereocenters. The number of nitrogens with one attached hydrogen (secondary N) is 1. The van der Waals surface area contributed by atoms with Crippen molar-refractivity contribution >= 4 is 0 Å². The van der Waals surface area contributed by atoms with Crippen molar-refractivity contribution in [3.05, 3.63) is 35.9 Å². The van der Waals surface area contributed by atoms with Gasteiger partial charge in [-0.15, -0.1) is 0 Å². The number of nitrogens with zero attached hydrogens (tertiary/aromatic N) is 1. The summed E-state index contributed by atoms with van der Waals surface area (Å²) in [4.78, 5) is 2.79. The van der Waals surface area contributed by atoms with Crippen LogP contribution in [0.25, 0.3) is 0 Å². The highest BCUT2D eigenvalue weighted by atomic mass is 15.2. The van der Waals surface area contributed by atoms with E-state index in [1.54, 1.807) is 0 Å². The van der Waals surface area contributed by atoms with Gasteiger partial charge in [0.2, 0.25) is 0 Å². The molecule has 20 heavy (non-hydrogen) atoms. The summed E-state index contributed by atoms with van der Waals surface area (Å²) >= 11 is 0. The fourth-order valence-corrected chi connectivity index (χ4v) is 3.45. The Bertz CT molecular complexity index is 393. The fourth-order valence-electron chi connectivity index (χ4n) is 3.45. The lowest BCUT2D eigenvalue weighted by Crippen LogP contribution is -2.38. The largest absolute Gasteiger partial charge is 0.317 e. The van der Waals surface area contributed by atoms with Crippen molar-refractivity contribution in [1.29, 1.82) is 0 Å². The fraction of sp³-hybridized carbons (Fsp3) is 0.667. The Labute approximate surface area is 123 Å². The minimum absolute atomic E-state index is 0.651. The van der Waals surface area contributed by atoms with Crippen LogP contribution < -0.4 is 5.32 Å². The molecule has 1 heterocycles. The molecule has 2 heteroatoms. The number of benzene rings is 1. The van der Waals surface area contributed by atoms with Crippen LogP contribution in [0.1, 0.15) is 44.1 Å². The van der Waals surface area contributed by atoms with E-state index in [4.69, 9.17) is 0 Å². The van der Waals surface area contributed by atoms with Crippen LogP contribution in [-0.4, -0.2) is 37.1 Å². The van der Waals surface area contributed by atoms with Gasteiger partial charge in [-0.1, -0.05) is 37.3 Å². The summed E-state index contributed by atoms with van der Waals surface area (Å²) in [5, 5.41) is 3.48. The second kappa shape index (κ2) is 6.73. The van der Waals surface area contributed by atoms with Crippen molar-refractivity contribution < 1.29 is 0 Å². The van der Waals surface area contributed by atoms with Crippen LogP contribution in [0.4, 0.5) is 0 Å². The van der Waals surface area contributed by atoms with Gasteiger partial charge in [-0.2, -0.15) is 0 Å². The average molecular weight is 272 g/mol. The maximum absolute atomic E-state index is 3.48. The van der Waals surface area contributed by atoms with E-state index < -0.39 is 0 Å². The first-order valence-corrected chi connectivity index (χ1v) is 8.32. The summed E-state index contributed by atoms with van der Waals surface area (Å²) in [6.45, 7) is 7.38. The molecule has 0 bridgehead atoms. The van der Waals surface area contributed by atoms with Gasteiger partial charge in [-0.3, -0.25) is 4.90 Å². The van der Waals surface area contributed by atoms with E-state index in [9.17, 15) is 0 Å². The second-order valence-corrected chi connectivity index (χ2v) is 6.69. The Hall–Kier alpha value is -0.860. The molecule has 2 fully saturated rings. The molecule has 1 aromatic rings. The number of piperidine rings is 1. The van der Waals surface area contributed by atoms with Crippen molar-refractivity contribution in [1.82, 2.24) is 10.2 Å². The van der Waals surface area contributed by atoms with Gasteiger partial charge >= 0.3 is 0 Å². The number of hydrogen-bond acceptors (Lipinski definition) is 2. The molecular weight excluding hydrogens is 244 g/mol. The molecule has 3 rings (SSSR count). The highest BCUT2D eigenvalue weighted by Gasteiger charge is 2.31. The Morgan fingerprint density at radius 3 is 2.45 bits per heavy atom. The molecule has 1 aromatic carbocycles. The zero-order chi connectivity index (χ0) is 13.8. The van der Waals surface area contributed by atoms with Crippen molar-refractivity contribution in [2.75, 3.05) is 26.2 Å². The molecular formula is C18H28N2. The predicted octanol–water partition coefficient (Wildman–Crippen LogP) is 3.25. The van der Waals surface area contributed by atoms with E-state index in [0.717, 1.165) is 12.0 Å². The van der Waals surface area contributed by atoms with Crippen molar-refractivity contribution in [2.45, 2.75) is 44.6 Å². The topological polar surface area (TPSA) is 15.3 Å². The summed E-state index contributed by atoms with van der Waals surface area (Å²) in [7, 11) is 0. The molecule has 1 aliphatic heterocycles. The van der Waals surface area contributed by atoms with Gasteiger partial charge in [0.15, 0.2) is 0 Å². The lowest BCUT2D eigenvalue weighted by atomic mass is 9.95. The SMILES string of the molecule is CC(CN(CC1CCNCC1)C1CC1)c1ccccc1. The minimum atomic E-state index is 0.651. The van der Waals surface area contributed by atoms with Gasteiger partial charge < -0.3 is 5.32 Å². The molecule has 1 saturated carbocycles. The monoisotopic (exact) mass is 272 g/mol. The van der Waals surface area contributed by atoms with Crippen molar-refractivity contribution in [3.63, 3.8) is 0 Å². The summed E-state index contributed by atoms with van der Waals surface area (Å²) < 4.78 is 0. The van der Waals surface area contributed by atoms with E-state index in [0.29, 0.717) is 5.92 Å². The molecule has 1 aliphatic carbocycles. The van der Waals surface area contributed by atoms with E-state index in [1.165, 1.54) is 57.4 Å². The molecule has 2 nitrogen and oxygen atoms in total. The first kappa shape index (κ1) is 14.1. The van der Waals surface area contributed by atoms with Gasteiger partial charge in [0.05, 0.1) is 0 Å². The number of rotatable bonds is 6. The van der Waals surface area contributed by atoms with Crippen LogP contribution in [0.3, 0.4) is 0 Å². The highest BCUT2D eigenvalue weighted by molar-refractivity contribution is 5.19. The quantitative estimate of drug-likeness (QED) is 0.855. The minimum Gasteiger partial charge on any atom is -0.317 e. The Kier molecular flexibility index (Phi) is 4.74. The first-order chi connectivity index (χ1) is 9.83. The average Bonchev–Trinajstić information content (AvgIpc) is 3.33. The third kappa shape index (κ3) is 3.83. The molecule has 0 amide bonds. The zero-order valence-corrected chi connectivity index (χ0v) is 12.7. The van der Waals surface area contributed by atoms with Crippen LogP contribution in [0.5, 0.6) is 0 Å². The van der Waals surface area contributed by atoms with E-state index in [-0.39, 0.29) is 0 Å². The summed E-state index contributed by atoms with van der Waals surface area (Å²) in [5.41, 5.74) is 1.49. The van der Waals surface area contributed by atoms with Crippen LogP contribution in [0, 0.1) is 5.92 Å². The third-order valence-corrected chi connectivity index (χ3v) is 4.89. The summed E-state index contributed by atoms with van der Waals surface area (Å²) in [6, 6.07) is 11.9. The van der Waals surface area contributed by atoms with Gasteiger partial charge in [0.25, 0.3) is 0 Å². The predicted molar refractivity (Wildman–Crippen MR) is 85.0 cm³/mol. The van der Waals surface area contributed by atoms with Crippen LogP contribution in [0.15, 0.2) is 30.3 Å². The van der Waals surface area contributed by atoms with Gasteiger partial charge in [-0.25, -0.2) is 0 Å². The smallest absolute Gasteiger partial charge is 0.00967 e. The summed E-state index contributed by atoms with van der Waals surface area (Å²) in [5.74, 6) is 1.57. The third-order valence-electron chi connectivity index (χ3n) is 4.89. The van der Waals surface area contributed by atoms with Gasteiger partial charge in [0.1, 0.15) is 0 Å². The molecule has 1 saturated heterocycles. The first-order valence-electron chi connectivity index (χ1n) is 8.32. The molecule has 2 aliphatic rings. The van der Waals surface area contributed by atoms with Gasteiger partial charge in [-0.05, 0) is 56.2 Å². The maximum Gasteiger partial charge on any atom is 0.00967 e. The van der Waals surface area contributed by atoms with E-state index in [1.807, 2.05) is 0 Å². The van der Waals surface area contributed by atoms with Crippen LogP contribution in [-0.2, 0) is 0 Å². The second-order valence-electron chi connectivity index (χ2n) is 6.69. The van der Waals surface area contributed by atoms with Crippen LogP contribution >= 0.6 is 0 Å². The standard InChI is InChI=1S/C18H28N2/c1-15(17-5-3-2-4-6-17)13-20(18-7-8-18)14-16-9-11-19-12-10-16/h2-6,15-16,18-19H,7-14H2,1H3. The lowest BCUT2D eigenvalue weighted by Gasteiger charge is -2.32. The molecule has 0 aromatic heterocycles. The molecule has 1 atom stereocenters. The molecule has 1 N–H and O–H groups in total. The Morgan fingerprint density at radius 2 is 1.80 bits per heavy atom. The molecule has 0 spiro atoms. The normalized spacial score (nSPS) is 22.1. The molecule has 0 radical (unpaired) electrons. The van der Waals surface area contributed by atoms with Crippen molar-refractivity contribution in [2.24, 2.45) is 5.92 Å². The highest BCUT2D eigenvalue weighted by Crippen LogP contribution is 2.31. The lowest BCUT2D eigenvalue weighted by molar-refractivity contribution is 0.190. The Balaban J connectivity index is 1.56. The van der Waals surface area contributed by atoms with E-state index >= 15 is 0 Å².